The van der Waals surface area contributed by atoms with Crippen LogP contribution in [0.5, 0.6) is 5.75 Å². The van der Waals surface area contributed by atoms with E-state index >= 15 is 0 Å². The Morgan fingerprint density at radius 1 is 0.889 bits per heavy atom. The van der Waals surface area contributed by atoms with Crippen LogP contribution in [0.15, 0.2) is 36.4 Å². The van der Waals surface area contributed by atoms with E-state index in [9.17, 15) is 36.3 Å². The van der Waals surface area contributed by atoms with Crippen molar-refractivity contribution in [3.63, 3.8) is 0 Å². The fourth-order valence-electron chi connectivity index (χ4n) is 3.76. The molecule has 0 heterocycles. The van der Waals surface area contributed by atoms with Gasteiger partial charge in [-0.3, -0.25) is 14.4 Å². The van der Waals surface area contributed by atoms with Gasteiger partial charge in [0, 0.05) is 24.7 Å². The molecule has 3 rings (SSSR count). The number of carbonyl (C=O) groups excluding carboxylic acids is 2. The lowest BCUT2D eigenvalue weighted by Crippen LogP contribution is -2.35. The highest BCUT2D eigenvalue weighted by atomic mass is 19.4. The minimum atomic E-state index is -4.53. The number of rotatable bonds is 8. The van der Waals surface area contributed by atoms with Crippen LogP contribution in [0.25, 0.3) is 0 Å². The maximum absolute atomic E-state index is 14.4. The predicted molar refractivity (Wildman–Crippen MR) is 116 cm³/mol. The number of carbonyl (C=O) groups is 3. The third kappa shape index (κ3) is 6.92. The van der Waals surface area contributed by atoms with Crippen molar-refractivity contribution < 1.29 is 46.2 Å². The van der Waals surface area contributed by atoms with Gasteiger partial charge in [-0.25, -0.2) is 8.78 Å². The largest absolute Gasteiger partial charge is 0.487 e. The number of ether oxygens (including phenoxy) is 1. The molecule has 194 valence electrons. The number of halogens is 5. The van der Waals surface area contributed by atoms with Gasteiger partial charge in [0.1, 0.15) is 5.82 Å². The SMILES string of the molecule is O=C(NCCNC(=O)c1cc(F)c(OC2CCC(C(=O)O)CC2)cc1F)c1ccc(C(F)(F)F)cc1. The van der Waals surface area contributed by atoms with Crippen LogP contribution in [0.2, 0.25) is 0 Å². The van der Waals surface area contributed by atoms with E-state index in [4.69, 9.17) is 9.84 Å². The molecule has 36 heavy (non-hydrogen) atoms. The van der Waals surface area contributed by atoms with Crippen LogP contribution in [-0.2, 0) is 11.0 Å². The smallest absolute Gasteiger partial charge is 0.416 e. The predicted octanol–water partition coefficient (Wildman–Crippen LogP) is 4.17. The third-order valence-corrected chi connectivity index (χ3v) is 5.75. The van der Waals surface area contributed by atoms with E-state index in [1.165, 1.54) is 0 Å². The van der Waals surface area contributed by atoms with Crippen molar-refractivity contribution in [2.45, 2.75) is 38.0 Å². The lowest BCUT2D eigenvalue weighted by Gasteiger charge is -2.27. The summed E-state index contributed by atoms with van der Waals surface area (Å²) in [6.07, 6.45) is -3.53. The molecule has 2 amide bonds. The van der Waals surface area contributed by atoms with Crippen molar-refractivity contribution in [2.75, 3.05) is 13.1 Å². The number of alkyl halides is 3. The Morgan fingerprint density at radius 2 is 1.47 bits per heavy atom. The summed E-state index contributed by atoms with van der Waals surface area (Å²) >= 11 is 0. The van der Waals surface area contributed by atoms with Crippen LogP contribution >= 0.6 is 0 Å². The van der Waals surface area contributed by atoms with Gasteiger partial charge in [-0.05, 0) is 56.0 Å². The maximum Gasteiger partial charge on any atom is 0.416 e. The number of benzene rings is 2. The molecule has 12 heteroatoms. The monoisotopic (exact) mass is 514 g/mol. The number of hydrogen-bond acceptors (Lipinski definition) is 4. The molecule has 3 N–H and O–H groups in total. The molecular formula is C24H23F5N2O5. The average Bonchev–Trinajstić information content (AvgIpc) is 2.83. The van der Waals surface area contributed by atoms with E-state index in [1.807, 2.05) is 0 Å². The first-order valence-corrected chi connectivity index (χ1v) is 11.1. The molecule has 1 saturated carbocycles. The Labute approximate surface area is 202 Å². The molecule has 1 aliphatic carbocycles. The van der Waals surface area contributed by atoms with Crippen molar-refractivity contribution in [2.24, 2.45) is 5.92 Å². The minimum absolute atomic E-state index is 0.0190. The van der Waals surface area contributed by atoms with E-state index < -0.39 is 58.7 Å². The van der Waals surface area contributed by atoms with Crippen molar-refractivity contribution in [3.8, 4) is 5.75 Å². The Kier molecular flexibility index (Phi) is 8.49. The maximum atomic E-state index is 14.4. The van der Waals surface area contributed by atoms with Gasteiger partial charge in [0.15, 0.2) is 11.6 Å². The standard InChI is InChI=1S/C24H23F5N2O5/c25-18-12-20(36-16-7-3-14(4-8-16)23(34)35)19(26)11-17(18)22(33)31-10-9-30-21(32)13-1-5-15(6-2-13)24(27,28)29/h1-2,5-6,11-12,14,16H,3-4,7-10H2,(H,30,32)(H,31,33)(H,34,35). The van der Waals surface area contributed by atoms with Crippen LogP contribution in [0.3, 0.4) is 0 Å². The number of aliphatic carboxylic acids is 1. The topological polar surface area (TPSA) is 105 Å². The summed E-state index contributed by atoms with van der Waals surface area (Å²) in [5.74, 6) is -5.38. The zero-order valence-corrected chi connectivity index (χ0v) is 18.8. The molecule has 0 radical (unpaired) electrons. The van der Waals surface area contributed by atoms with Crippen LogP contribution in [-0.4, -0.2) is 42.1 Å². The van der Waals surface area contributed by atoms with Crippen molar-refractivity contribution >= 4 is 17.8 Å². The molecule has 0 saturated heterocycles. The summed E-state index contributed by atoms with van der Waals surface area (Å²) in [5.41, 5.74) is -1.50. The highest BCUT2D eigenvalue weighted by Crippen LogP contribution is 2.30. The number of carboxylic acid groups (broad SMARTS) is 1. The lowest BCUT2D eigenvalue weighted by molar-refractivity contribution is -0.143. The minimum Gasteiger partial charge on any atom is -0.487 e. The Bertz CT molecular complexity index is 1110. The molecule has 0 unspecified atom stereocenters. The number of carboxylic acids is 1. The summed E-state index contributed by atoms with van der Waals surface area (Å²) < 4.78 is 72.1. The van der Waals surface area contributed by atoms with Crippen molar-refractivity contribution in [3.05, 3.63) is 64.7 Å². The highest BCUT2D eigenvalue weighted by molar-refractivity contribution is 5.95. The second-order valence-electron chi connectivity index (χ2n) is 8.28. The molecule has 2 aromatic carbocycles. The van der Waals surface area contributed by atoms with Crippen LogP contribution in [0.4, 0.5) is 22.0 Å². The summed E-state index contributed by atoms with van der Waals surface area (Å²) in [6, 6.07) is 4.99. The summed E-state index contributed by atoms with van der Waals surface area (Å²) in [5, 5.41) is 13.7. The second-order valence-corrected chi connectivity index (χ2v) is 8.28. The normalized spacial score (nSPS) is 17.8. The van der Waals surface area contributed by atoms with Crippen LogP contribution in [0.1, 0.15) is 52.0 Å². The lowest BCUT2D eigenvalue weighted by atomic mass is 9.87. The van der Waals surface area contributed by atoms with Crippen LogP contribution < -0.4 is 15.4 Å². The van der Waals surface area contributed by atoms with Gasteiger partial charge in [-0.2, -0.15) is 13.2 Å². The fourth-order valence-corrected chi connectivity index (χ4v) is 3.76. The van der Waals surface area contributed by atoms with Crippen molar-refractivity contribution in [1.82, 2.24) is 10.6 Å². The highest BCUT2D eigenvalue weighted by Gasteiger charge is 2.30. The Hall–Kier alpha value is -3.70. The molecule has 0 bridgehead atoms. The summed E-state index contributed by atoms with van der Waals surface area (Å²) in [4.78, 5) is 35.3. The Balaban J connectivity index is 1.48. The summed E-state index contributed by atoms with van der Waals surface area (Å²) in [6.45, 7) is -0.271. The zero-order valence-electron chi connectivity index (χ0n) is 18.8. The average molecular weight is 514 g/mol. The summed E-state index contributed by atoms with van der Waals surface area (Å²) in [7, 11) is 0. The molecule has 7 nitrogen and oxygen atoms in total. The molecule has 1 aliphatic rings. The first-order valence-electron chi connectivity index (χ1n) is 11.1. The van der Waals surface area contributed by atoms with Gasteiger partial charge in [0.05, 0.1) is 23.1 Å². The van der Waals surface area contributed by atoms with Crippen molar-refractivity contribution in [1.29, 1.82) is 0 Å². The second kappa shape index (κ2) is 11.4. The molecule has 2 aromatic rings. The molecule has 1 fully saturated rings. The van der Waals surface area contributed by atoms with Gasteiger partial charge in [0.2, 0.25) is 0 Å². The van der Waals surface area contributed by atoms with Crippen LogP contribution in [0, 0.1) is 17.6 Å². The number of hydrogen-bond donors (Lipinski definition) is 3. The van der Waals surface area contributed by atoms with Gasteiger partial charge in [-0.15, -0.1) is 0 Å². The molecule has 0 atom stereocenters. The molecule has 0 aromatic heterocycles. The number of amides is 2. The number of nitrogens with one attached hydrogen (secondary N) is 2. The van der Waals surface area contributed by atoms with E-state index in [0.29, 0.717) is 31.7 Å². The molecular weight excluding hydrogens is 491 g/mol. The van der Waals surface area contributed by atoms with E-state index in [1.54, 1.807) is 0 Å². The molecule has 0 aliphatic heterocycles. The van der Waals surface area contributed by atoms with Gasteiger partial charge in [-0.1, -0.05) is 0 Å². The van der Waals surface area contributed by atoms with E-state index in [0.717, 1.165) is 30.3 Å². The molecule has 0 spiro atoms. The van der Waals surface area contributed by atoms with Gasteiger partial charge >= 0.3 is 12.1 Å². The first kappa shape index (κ1) is 26.9. The van der Waals surface area contributed by atoms with Gasteiger partial charge in [0.25, 0.3) is 11.8 Å². The first-order chi connectivity index (χ1) is 17.0. The van der Waals surface area contributed by atoms with Gasteiger partial charge < -0.3 is 20.5 Å². The quantitative estimate of drug-likeness (QED) is 0.363. The zero-order chi connectivity index (χ0) is 26.5. The Morgan fingerprint density at radius 3 is 2.03 bits per heavy atom. The van der Waals surface area contributed by atoms with E-state index in [2.05, 4.69) is 10.6 Å². The third-order valence-electron chi connectivity index (χ3n) is 5.75. The fraction of sp³-hybridized carbons (Fsp3) is 0.375. The van der Waals surface area contributed by atoms with E-state index in [-0.39, 0.29) is 24.4 Å².